The number of benzene rings is 2. The summed E-state index contributed by atoms with van der Waals surface area (Å²) in [5, 5.41) is 16.5. The summed E-state index contributed by atoms with van der Waals surface area (Å²) in [6.45, 7) is 4.42. The fourth-order valence-electron chi connectivity index (χ4n) is 3.60. The fraction of sp³-hybridized carbons (Fsp3) is 0.333. The number of nitro groups is 1. The zero-order valence-corrected chi connectivity index (χ0v) is 18.2. The van der Waals surface area contributed by atoms with Crippen LogP contribution in [0.3, 0.4) is 0 Å². The Morgan fingerprint density at radius 2 is 1.81 bits per heavy atom. The molecule has 168 valence electrons. The third kappa shape index (κ3) is 6.16. The second-order valence-electron chi connectivity index (χ2n) is 7.71. The normalized spacial score (nSPS) is 13.7. The molecule has 32 heavy (non-hydrogen) atoms. The first-order chi connectivity index (χ1) is 15.5. The van der Waals surface area contributed by atoms with Gasteiger partial charge < -0.3 is 15.5 Å². The number of hydrogen-bond acceptors (Lipinski definition) is 5. The van der Waals surface area contributed by atoms with Crippen molar-refractivity contribution in [2.75, 3.05) is 29.9 Å². The Morgan fingerprint density at radius 1 is 1.09 bits per heavy atom. The average molecular weight is 437 g/mol. The maximum absolute atomic E-state index is 12.8. The van der Waals surface area contributed by atoms with Crippen LogP contribution in [-0.4, -0.2) is 36.4 Å². The Kier molecular flexibility index (Phi) is 7.96. The van der Waals surface area contributed by atoms with Crippen LogP contribution in [0.15, 0.2) is 48.5 Å². The van der Waals surface area contributed by atoms with Gasteiger partial charge in [-0.1, -0.05) is 6.92 Å². The largest absolute Gasteiger partial charge is 0.371 e. The molecule has 3 rings (SSSR count). The molecular formula is C24H28N4O4. The molecule has 1 aliphatic rings. The molecule has 1 aliphatic heterocycles. The summed E-state index contributed by atoms with van der Waals surface area (Å²) in [6.07, 6.45) is 7.17. The van der Waals surface area contributed by atoms with Crippen molar-refractivity contribution in [3.8, 4) is 0 Å². The number of amides is 2. The molecule has 2 aromatic rings. The molecule has 1 saturated heterocycles. The van der Waals surface area contributed by atoms with E-state index in [1.165, 1.54) is 24.6 Å². The number of nitrogens with zero attached hydrogens (tertiary/aromatic N) is 2. The topological polar surface area (TPSA) is 105 Å². The second-order valence-corrected chi connectivity index (χ2v) is 7.71. The molecule has 8 heteroatoms. The monoisotopic (exact) mass is 436 g/mol. The molecule has 2 amide bonds. The van der Waals surface area contributed by atoms with Gasteiger partial charge in [0, 0.05) is 49.2 Å². The number of piperidine rings is 1. The average Bonchev–Trinajstić information content (AvgIpc) is 2.82. The van der Waals surface area contributed by atoms with E-state index < -0.39 is 4.92 Å². The lowest BCUT2D eigenvalue weighted by Crippen LogP contribution is -2.33. The van der Waals surface area contributed by atoms with Crippen LogP contribution in [-0.2, 0) is 4.79 Å². The van der Waals surface area contributed by atoms with E-state index in [0.29, 0.717) is 23.4 Å². The number of nitrogens with one attached hydrogen (secondary N) is 2. The van der Waals surface area contributed by atoms with Crippen LogP contribution in [0, 0.1) is 10.1 Å². The van der Waals surface area contributed by atoms with Crippen LogP contribution in [0.1, 0.15) is 48.5 Å². The molecule has 2 N–H and O–H groups in total. The molecule has 0 atom stereocenters. The highest BCUT2D eigenvalue weighted by molar-refractivity contribution is 6.05. The van der Waals surface area contributed by atoms with Gasteiger partial charge in [-0.15, -0.1) is 0 Å². The van der Waals surface area contributed by atoms with Crippen molar-refractivity contribution in [2.24, 2.45) is 0 Å². The number of anilines is 2. The lowest BCUT2D eigenvalue weighted by atomic mass is 10.1. The summed E-state index contributed by atoms with van der Waals surface area (Å²) in [5.41, 5.74) is 2.64. The lowest BCUT2D eigenvalue weighted by Gasteiger charge is -2.30. The van der Waals surface area contributed by atoms with Crippen LogP contribution in [0.25, 0.3) is 6.08 Å². The van der Waals surface area contributed by atoms with E-state index in [1.807, 2.05) is 13.0 Å². The van der Waals surface area contributed by atoms with Gasteiger partial charge in [0.05, 0.1) is 10.5 Å². The molecule has 0 unspecified atom stereocenters. The zero-order chi connectivity index (χ0) is 22.9. The highest BCUT2D eigenvalue weighted by Crippen LogP contribution is 2.27. The molecule has 0 aromatic heterocycles. The van der Waals surface area contributed by atoms with E-state index in [-0.39, 0.29) is 17.5 Å². The van der Waals surface area contributed by atoms with E-state index in [2.05, 4.69) is 15.5 Å². The van der Waals surface area contributed by atoms with E-state index in [9.17, 15) is 19.7 Å². The van der Waals surface area contributed by atoms with Crippen LogP contribution in [0.4, 0.5) is 17.1 Å². The maximum Gasteiger partial charge on any atom is 0.269 e. The predicted molar refractivity (Wildman–Crippen MR) is 126 cm³/mol. The van der Waals surface area contributed by atoms with E-state index >= 15 is 0 Å². The van der Waals surface area contributed by atoms with Gasteiger partial charge in [-0.05, 0) is 67.7 Å². The van der Waals surface area contributed by atoms with Gasteiger partial charge in [-0.25, -0.2) is 0 Å². The van der Waals surface area contributed by atoms with Gasteiger partial charge in [-0.3, -0.25) is 19.7 Å². The lowest BCUT2D eigenvalue weighted by molar-refractivity contribution is -0.384. The fourth-order valence-corrected chi connectivity index (χ4v) is 3.60. The Labute approximate surface area is 187 Å². The molecular weight excluding hydrogens is 408 g/mol. The number of hydrogen-bond donors (Lipinski definition) is 2. The summed E-state index contributed by atoms with van der Waals surface area (Å²) in [7, 11) is 0. The van der Waals surface area contributed by atoms with Crippen molar-refractivity contribution < 1.29 is 14.5 Å². The van der Waals surface area contributed by atoms with Crippen molar-refractivity contribution in [3.05, 3.63) is 69.8 Å². The first kappa shape index (κ1) is 23.0. The third-order valence-corrected chi connectivity index (χ3v) is 5.27. The molecule has 0 aliphatic carbocycles. The van der Waals surface area contributed by atoms with Crippen molar-refractivity contribution in [1.29, 1.82) is 0 Å². The second kappa shape index (κ2) is 11.1. The van der Waals surface area contributed by atoms with E-state index in [0.717, 1.165) is 38.0 Å². The summed E-state index contributed by atoms with van der Waals surface area (Å²) < 4.78 is 0. The molecule has 2 aromatic carbocycles. The maximum atomic E-state index is 12.8. The molecule has 8 nitrogen and oxygen atoms in total. The number of carbonyl (C=O) groups is 2. The minimum Gasteiger partial charge on any atom is -0.371 e. The molecule has 1 heterocycles. The molecule has 1 fully saturated rings. The highest BCUT2D eigenvalue weighted by Gasteiger charge is 2.19. The Hall–Kier alpha value is -3.68. The Bertz CT molecular complexity index is 996. The van der Waals surface area contributed by atoms with Crippen molar-refractivity contribution in [3.63, 3.8) is 0 Å². The van der Waals surface area contributed by atoms with Gasteiger partial charge in [0.25, 0.3) is 11.6 Å². The first-order valence-electron chi connectivity index (χ1n) is 10.9. The van der Waals surface area contributed by atoms with Gasteiger partial charge >= 0.3 is 0 Å². The van der Waals surface area contributed by atoms with Gasteiger partial charge in [-0.2, -0.15) is 0 Å². The Balaban J connectivity index is 1.74. The minimum absolute atomic E-state index is 0.00530. The summed E-state index contributed by atoms with van der Waals surface area (Å²) in [4.78, 5) is 37.7. The SMILES string of the molecule is CCCNC(=O)c1cc(NC(=O)C=Cc2ccc([N+](=O)[O-])cc2)ccc1N1CCCCC1. The van der Waals surface area contributed by atoms with Gasteiger partial charge in [0.15, 0.2) is 0 Å². The van der Waals surface area contributed by atoms with Crippen molar-refractivity contribution >= 4 is 35.0 Å². The predicted octanol–water partition coefficient (Wildman–Crippen LogP) is 4.38. The molecule has 0 saturated carbocycles. The smallest absolute Gasteiger partial charge is 0.269 e. The van der Waals surface area contributed by atoms with Gasteiger partial charge in [0.1, 0.15) is 0 Å². The molecule has 0 bridgehead atoms. The number of non-ortho nitro benzene ring substituents is 1. The van der Waals surface area contributed by atoms with Gasteiger partial charge in [0.2, 0.25) is 5.91 Å². The number of carbonyl (C=O) groups excluding carboxylic acids is 2. The first-order valence-corrected chi connectivity index (χ1v) is 10.9. The number of nitro benzene ring substituents is 1. The van der Waals surface area contributed by atoms with E-state index in [4.69, 9.17) is 0 Å². The summed E-state index contributed by atoms with van der Waals surface area (Å²) in [6, 6.07) is 11.3. The summed E-state index contributed by atoms with van der Waals surface area (Å²) >= 11 is 0. The minimum atomic E-state index is -0.470. The molecule has 0 spiro atoms. The molecule has 0 radical (unpaired) electrons. The van der Waals surface area contributed by atoms with Crippen LogP contribution >= 0.6 is 0 Å². The van der Waals surface area contributed by atoms with Crippen molar-refractivity contribution in [1.82, 2.24) is 5.32 Å². The highest BCUT2D eigenvalue weighted by atomic mass is 16.6. The summed E-state index contributed by atoms with van der Waals surface area (Å²) in [5.74, 6) is -0.501. The van der Waals surface area contributed by atoms with Crippen LogP contribution in [0.2, 0.25) is 0 Å². The van der Waals surface area contributed by atoms with Crippen molar-refractivity contribution in [2.45, 2.75) is 32.6 Å². The third-order valence-electron chi connectivity index (χ3n) is 5.27. The van der Waals surface area contributed by atoms with Crippen LogP contribution in [0.5, 0.6) is 0 Å². The Morgan fingerprint density at radius 3 is 2.47 bits per heavy atom. The zero-order valence-electron chi connectivity index (χ0n) is 18.2. The quantitative estimate of drug-likeness (QED) is 0.363. The number of rotatable bonds is 8. The standard InChI is InChI=1S/C24H28N4O4/c1-2-14-25-24(30)21-17-19(9-12-22(21)27-15-4-3-5-16-27)26-23(29)13-8-18-6-10-20(11-7-18)28(31)32/h6-13,17H,2-5,14-16H2,1H3,(H,25,30)(H,26,29). The van der Waals surface area contributed by atoms with Crippen LogP contribution < -0.4 is 15.5 Å². The van der Waals surface area contributed by atoms with E-state index in [1.54, 1.807) is 30.3 Å².